The van der Waals surface area contributed by atoms with Crippen molar-refractivity contribution in [3.63, 3.8) is 0 Å². The van der Waals surface area contributed by atoms with E-state index in [0.29, 0.717) is 11.4 Å². The second kappa shape index (κ2) is 7.91. The Morgan fingerprint density at radius 1 is 1.10 bits per heavy atom. The lowest BCUT2D eigenvalue weighted by atomic mass is 9.92. The van der Waals surface area contributed by atoms with Crippen LogP contribution in [-0.4, -0.2) is 30.9 Å². The highest BCUT2D eigenvalue weighted by Crippen LogP contribution is 2.29. The Bertz CT molecular complexity index is 1210. The number of aromatic nitrogens is 5. The molecule has 0 amide bonds. The predicted molar refractivity (Wildman–Crippen MR) is 117 cm³/mol. The molecule has 0 aliphatic rings. The average molecular weight is 397 g/mol. The molecular formula is C23H23N7. The molecule has 4 rings (SSSR count). The minimum Gasteiger partial charge on any atom is -0.369 e. The van der Waals surface area contributed by atoms with Crippen molar-refractivity contribution in [1.29, 1.82) is 5.26 Å². The van der Waals surface area contributed by atoms with Crippen LogP contribution in [0.4, 0.5) is 5.82 Å². The van der Waals surface area contributed by atoms with Crippen LogP contribution in [0.3, 0.4) is 0 Å². The van der Waals surface area contributed by atoms with Crippen LogP contribution in [0.15, 0.2) is 55.2 Å². The smallest absolute Gasteiger partial charge is 0.180 e. The van der Waals surface area contributed by atoms with Crippen LogP contribution in [0.5, 0.6) is 0 Å². The molecule has 4 aromatic rings. The SMILES string of the molecule is CC(C)(C)CCNc1nc(-c2cnc3ccc(C#N)cn23)ncc1-c1cccnc1. The maximum Gasteiger partial charge on any atom is 0.180 e. The first kappa shape index (κ1) is 19.5. The number of nitrogens with zero attached hydrogens (tertiary/aromatic N) is 6. The fraction of sp³-hybridized carbons (Fsp3) is 0.261. The van der Waals surface area contributed by atoms with Gasteiger partial charge in [-0.3, -0.25) is 9.38 Å². The lowest BCUT2D eigenvalue weighted by molar-refractivity contribution is 0.389. The molecule has 0 aromatic carbocycles. The summed E-state index contributed by atoms with van der Waals surface area (Å²) in [7, 11) is 0. The van der Waals surface area contributed by atoms with Gasteiger partial charge in [-0.1, -0.05) is 26.8 Å². The first-order valence-corrected chi connectivity index (χ1v) is 9.83. The van der Waals surface area contributed by atoms with Gasteiger partial charge in [0.1, 0.15) is 23.2 Å². The van der Waals surface area contributed by atoms with Crippen LogP contribution in [0.25, 0.3) is 28.3 Å². The number of hydrogen-bond donors (Lipinski definition) is 1. The molecule has 0 fully saturated rings. The summed E-state index contributed by atoms with van der Waals surface area (Å²) in [6.07, 6.45) is 9.85. The summed E-state index contributed by atoms with van der Waals surface area (Å²) in [5.74, 6) is 1.30. The molecule has 0 radical (unpaired) electrons. The fourth-order valence-electron chi connectivity index (χ4n) is 3.14. The molecule has 7 nitrogen and oxygen atoms in total. The lowest BCUT2D eigenvalue weighted by Crippen LogP contribution is -2.14. The van der Waals surface area contributed by atoms with Crippen LogP contribution in [-0.2, 0) is 0 Å². The third-order valence-electron chi connectivity index (χ3n) is 4.79. The number of fused-ring (bicyclic) bond motifs is 1. The summed E-state index contributed by atoms with van der Waals surface area (Å²) in [4.78, 5) is 18.1. The Hall–Kier alpha value is -3.79. The monoisotopic (exact) mass is 397 g/mol. The summed E-state index contributed by atoms with van der Waals surface area (Å²) < 4.78 is 1.84. The van der Waals surface area contributed by atoms with Crippen molar-refractivity contribution in [2.45, 2.75) is 27.2 Å². The molecule has 0 bridgehead atoms. The summed E-state index contributed by atoms with van der Waals surface area (Å²) in [5, 5.41) is 12.7. The largest absolute Gasteiger partial charge is 0.369 e. The van der Waals surface area contributed by atoms with Crippen molar-refractivity contribution in [2.75, 3.05) is 11.9 Å². The normalized spacial score (nSPS) is 11.4. The molecule has 7 heteroatoms. The Labute approximate surface area is 175 Å². The molecule has 30 heavy (non-hydrogen) atoms. The van der Waals surface area contributed by atoms with E-state index in [9.17, 15) is 5.26 Å². The molecule has 0 aliphatic carbocycles. The lowest BCUT2D eigenvalue weighted by Gasteiger charge is -2.19. The van der Waals surface area contributed by atoms with E-state index in [1.807, 2.05) is 28.8 Å². The second-order valence-corrected chi connectivity index (χ2v) is 8.34. The average Bonchev–Trinajstić information content (AvgIpc) is 3.16. The quantitative estimate of drug-likeness (QED) is 0.530. The van der Waals surface area contributed by atoms with E-state index in [4.69, 9.17) is 4.98 Å². The van der Waals surface area contributed by atoms with Crippen LogP contribution >= 0.6 is 0 Å². The molecule has 4 aromatic heterocycles. The zero-order valence-electron chi connectivity index (χ0n) is 17.3. The first-order valence-electron chi connectivity index (χ1n) is 9.83. The van der Waals surface area contributed by atoms with Gasteiger partial charge in [0.05, 0.1) is 11.8 Å². The van der Waals surface area contributed by atoms with Gasteiger partial charge in [0.2, 0.25) is 0 Å². The van der Waals surface area contributed by atoms with Gasteiger partial charge >= 0.3 is 0 Å². The van der Waals surface area contributed by atoms with E-state index >= 15 is 0 Å². The van der Waals surface area contributed by atoms with Crippen LogP contribution in [0.2, 0.25) is 0 Å². The minimum absolute atomic E-state index is 0.215. The highest BCUT2D eigenvalue weighted by molar-refractivity contribution is 5.75. The zero-order valence-corrected chi connectivity index (χ0v) is 17.3. The van der Waals surface area contributed by atoms with Gasteiger partial charge in [-0.15, -0.1) is 0 Å². The van der Waals surface area contributed by atoms with Crippen molar-refractivity contribution >= 4 is 11.5 Å². The summed E-state index contributed by atoms with van der Waals surface area (Å²) in [6.45, 7) is 7.44. The standard InChI is InChI=1S/C23H23N7/c1-23(2,3)8-10-26-21-18(17-5-4-9-25-12-17)13-28-22(29-21)19-14-27-20-7-6-16(11-24)15-30(19)20/h4-7,9,12-15H,8,10H2,1-3H3,(H,26,28,29). The molecule has 0 saturated heterocycles. The number of nitrogens with one attached hydrogen (secondary N) is 1. The van der Waals surface area contributed by atoms with Gasteiger partial charge < -0.3 is 5.32 Å². The highest BCUT2D eigenvalue weighted by atomic mass is 15.1. The molecule has 0 aliphatic heterocycles. The van der Waals surface area contributed by atoms with Gasteiger partial charge in [-0.2, -0.15) is 5.26 Å². The minimum atomic E-state index is 0.215. The van der Waals surface area contributed by atoms with Crippen molar-refractivity contribution in [3.8, 4) is 28.7 Å². The Morgan fingerprint density at radius 2 is 1.97 bits per heavy atom. The first-order chi connectivity index (χ1) is 14.4. The Kier molecular flexibility index (Phi) is 5.15. The van der Waals surface area contributed by atoms with E-state index in [1.54, 1.807) is 30.9 Å². The highest BCUT2D eigenvalue weighted by Gasteiger charge is 2.15. The van der Waals surface area contributed by atoms with Gasteiger partial charge in [0.15, 0.2) is 5.82 Å². The van der Waals surface area contributed by atoms with Crippen LogP contribution in [0.1, 0.15) is 32.8 Å². The second-order valence-electron chi connectivity index (χ2n) is 8.34. The van der Waals surface area contributed by atoms with Gasteiger partial charge in [-0.05, 0) is 30.0 Å². The number of nitriles is 1. The fourth-order valence-corrected chi connectivity index (χ4v) is 3.14. The van der Waals surface area contributed by atoms with Crippen molar-refractivity contribution in [3.05, 3.63) is 60.8 Å². The zero-order chi connectivity index (χ0) is 21.1. The van der Waals surface area contributed by atoms with E-state index in [1.165, 1.54) is 0 Å². The molecule has 0 atom stereocenters. The Balaban J connectivity index is 1.77. The van der Waals surface area contributed by atoms with Crippen molar-refractivity contribution in [1.82, 2.24) is 24.3 Å². The van der Waals surface area contributed by atoms with Crippen LogP contribution in [0, 0.1) is 16.7 Å². The molecule has 150 valence electrons. The topological polar surface area (TPSA) is 91.8 Å². The number of pyridine rings is 2. The van der Waals surface area contributed by atoms with E-state index in [-0.39, 0.29) is 5.41 Å². The molecule has 1 N–H and O–H groups in total. The Morgan fingerprint density at radius 3 is 2.70 bits per heavy atom. The van der Waals surface area contributed by atoms with E-state index < -0.39 is 0 Å². The van der Waals surface area contributed by atoms with Crippen molar-refractivity contribution < 1.29 is 0 Å². The molecule has 0 saturated carbocycles. The maximum absolute atomic E-state index is 9.23. The number of hydrogen-bond acceptors (Lipinski definition) is 6. The van der Waals surface area contributed by atoms with Gasteiger partial charge in [0.25, 0.3) is 0 Å². The summed E-state index contributed by atoms with van der Waals surface area (Å²) in [5.41, 5.74) is 4.09. The third-order valence-corrected chi connectivity index (χ3v) is 4.79. The summed E-state index contributed by atoms with van der Waals surface area (Å²) in [6, 6.07) is 9.62. The maximum atomic E-state index is 9.23. The molecule has 4 heterocycles. The van der Waals surface area contributed by atoms with Gasteiger partial charge in [0, 0.05) is 42.5 Å². The molecule has 0 spiro atoms. The van der Waals surface area contributed by atoms with E-state index in [0.717, 1.165) is 41.3 Å². The molecule has 0 unspecified atom stereocenters. The van der Waals surface area contributed by atoms with Gasteiger partial charge in [-0.25, -0.2) is 15.0 Å². The summed E-state index contributed by atoms with van der Waals surface area (Å²) >= 11 is 0. The number of anilines is 1. The third kappa shape index (κ3) is 4.13. The van der Waals surface area contributed by atoms with Crippen LogP contribution < -0.4 is 5.32 Å². The number of imidazole rings is 1. The molecular weight excluding hydrogens is 374 g/mol. The van der Waals surface area contributed by atoms with Crippen molar-refractivity contribution in [2.24, 2.45) is 5.41 Å². The van der Waals surface area contributed by atoms with E-state index in [2.05, 4.69) is 47.1 Å². The predicted octanol–water partition coefficient (Wildman–Crippen LogP) is 4.57. The number of rotatable bonds is 5.